The van der Waals surface area contributed by atoms with Crippen LogP contribution in [0.1, 0.15) is 53.5 Å². The molecular formula is C37H29NO3. The molecular weight excluding hydrogens is 506 g/mol. The third-order valence-electron chi connectivity index (χ3n) is 7.49. The number of allylic oxidation sites excluding steroid dienone is 5. The fourth-order valence-electron chi connectivity index (χ4n) is 5.47. The Bertz CT molecular complexity index is 2060. The van der Waals surface area contributed by atoms with E-state index in [0.717, 1.165) is 44.6 Å². The van der Waals surface area contributed by atoms with Gasteiger partial charge >= 0.3 is 0 Å². The Hall–Kier alpha value is -5.14. The van der Waals surface area contributed by atoms with Crippen LogP contribution in [0, 0.1) is 0 Å². The van der Waals surface area contributed by atoms with E-state index >= 15 is 0 Å². The molecule has 4 heteroatoms. The van der Waals surface area contributed by atoms with Crippen molar-refractivity contribution in [1.29, 1.82) is 0 Å². The molecule has 0 atom stereocenters. The molecule has 0 fully saturated rings. The predicted octanol–water partition coefficient (Wildman–Crippen LogP) is 8.84. The zero-order valence-electron chi connectivity index (χ0n) is 23.3. The molecule has 0 radical (unpaired) electrons. The molecule has 0 unspecified atom stereocenters. The molecule has 1 aromatic heterocycles. The van der Waals surface area contributed by atoms with Crippen LogP contribution in [0.25, 0.3) is 38.8 Å². The van der Waals surface area contributed by atoms with E-state index in [-0.39, 0.29) is 11.6 Å². The lowest BCUT2D eigenvalue weighted by atomic mass is 9.94. The molecule has 0 N–H and O–H groups in total. The van der Waals surface area contributed by atoms with Crippen LogP contribution in [0.15, 0.2) is 114 Å². The molecule has 4 nitrogen and oxygen atoms in total. The predicted molar refractivity (Wildman–Crippen MR) is 167 cm³/mol. The molecule has 0 aliphatic heterocycles. The highest BCUT2D eigenvalue weighted by Crippen LogP contribution is 2.35. The molecule has 4 aromatic carbocycles. The summed E-state index contributed by atoms with van der Waals surface area (Å²) in [5.41, 5.74) is 10.9. The minimum Gasteiger partial charge on any atom is -0.493 e. The number of hydrogen-bond acceptors (Lipinski definition) is 3. The smallest absolute Gasteiger partial charge is 0.197 e. The van der Waals surface area contributed by atoms with Crippen molar-refractivity contribution < 1.29 is 14.3 Å². The largest absolute Gasteiger partial charge is 0.493 e. The second kappa shape index (κ2) is 10.8. The summed E-state index contributed by atoms with van der Waals surface area (Å²) in [6, 6.07) is 23.3. The van der Waals surface area contributed by atoms with Gasteiger partial charge in [0.25, 0.3) is 0 Å². The number of benzene rings is 4. The van der Waals surface area contributed by atoms with Gasteiger partial charge in [0.05, 0.1) is 23.2 Å². The molecule has 1 aliphatic carbocycles. The maximum atomic E-state index is 14.2. The van der Waals surface area contributed by atoms with Crippen LogP contribution >= 0.6 is 0 Å². The number of aromatic nitrogens is 1. The molecule has 0 amide bonds. The zero-order valence-corrected chi connectivity index (χ0v) is 23.3. The van der Waals surface area contributed by atoms with Crippen molar-refractivity contribution in [2.24, 2.45) is 0 Å². The van der Waals surface area contributed by atoms with Gasteiger partial charge in [-0.3, -0.25) is 9.59 Å². The van der Waals surface area contributed by atoms with Crippen molar-refractivity contribution in [1.82, 2.24) is 4.57 Å². The van der Waals surface area contributed by atoms with Crippen LogP contribution in [0.5, 0.6) is 5.75 Å². The summed E-state index contributed by atoms with van der Waals surface area (Å²) in [6.45, 7) is 6.37. The van der Waals surface area contributed by atoms with E-state index in [2.05, 4.69) is 35.2 Å². The standard InChI is InChI=1S/C37H29NO3/c1-4-6-21-38-32-18-15-26(36(39)28-13-9-7-11-24(28)3)22-30(32)31-23-27(16-19-33(31)38)37(40)35-29-14-10-8-12-25(29)17-20-34(35)41-5-2/h6,8,10-23H,4-5H2,1-3H3/b21-6+. The van der Waals surface area contributed by atoms with Gasteiger partial charge in [0.15, 0.2) is 11.6 Å². The number of carbonyl (C=O) groups excluding carboxylic acids is 2. The third kappa shape index (κ3) is 4.56. The number of carbonyl (C=O) groups is 2. The summed E-state index contributed by atoms with van der Waals surface area (Å²) in [6.07, 6.45) is 8.50. The zero-order chi connectivity index (χ0) is 28.5. The lowest BCUT2D eigenvalue weighted by molar-refractivity contribution is 0.102. The number of ether oxygens (including phenoxy) is 1. The Morgan fingerprint density at radius 2 is 1.49 bits per heavy atom. The van der Waals surface area contributed by atoms with E-state index in [1.807, 2.05) is 86.6 Å². The van der Waals surface area contributed by atoms with Crippen LogP contribution < -0.4 is 4.74 Å². The van der Waals surface area contributed by atoms with Gasteiger partial charge < -0.3 is 9.30 Å². The van der Waals surface area contributed by atoms with Crippen molar-refractivity contribution in [3.05, 3.63) is 130 Å². The molecule has 1 aliphatic rings. The minimum atomic E-state index is -0.101. The van der Waals surface area contributed by atoms with E-state index in [0.29, 0.717) is 34.6 Å². The average molecular weight is 536 g/mol. The number of Topliss-reactive ketones (excluding diaryl/α,β-unsaturated/α-hetero) is 1. The van der Waals surface area contributed by atoms with Gasteiger partial charge in [-0.1, -0.05) is 54.8 Å². The molecule has 6 rings (SSSR count). The van der Waals surface area contributed by atoms with E-state index in [9.17, 15) is 9.59 Å². The number of ketones is 2. The fourth-order valence-corrected chi connectivity index (χ4v) is 5.47. The van der Waals surface area contributed by atoms with Crippen LogP contribution in [-0.4, -0.2) is 22.7 Å². The maximum absolute atomic E-state index is 14.2. The summed E-state index contributed by atoms with van der Waals surface area (Å²) in [7, 11) is 0. The van der Waals surface area contributed by atoms with Gasteiger partial charge in [-0.15, -0.1) is 0 Å². The van der Waals surface area contributed by atoms with Crippen molar-refractivity contribution in [3.63, 3.8) is 0 Å². The van der Waals surface area contributed by atoms with Gasteiger partial charge in [-0.25, -0.2) is 0 Å². The molecule has 200 valence electrons. The number of hydrogen-bond donors (Lipinski definition) is 0. The van der Waals surface area contributed by atoms with Crippen molar-refractivity contribution in [2.75, 3.05) is 6.61 Å². The van der Waals surface area contributed by atoms with Gasteiger partial charge in [0, 0.05) is 33.7 Å². The van der Waals surface area contributed by atoms with Gasteiger partial charge in [-0.2, -0.15) is 0 Å². The molecule has 0 saturated carbocycles. The summed E-state index contributed by atoms with van der Waals surface area (Å²) in [5.74, 6) is 0.407. The number of fused-ring (bicyclic) bond motifs is 4. The summed E-state index contributed by atoms with van der Waals surface area (Å²) >= 11 is 0. The van der Waals surface area contributed by atoms with E-state index < -0.39 is 0 Å². The normalized spacial score (nSPS) is 12.9. The second-order valence-corrected chi connectivity index (χ2v) is 10.1. The topological polar surface area (TPSA) is 48.3 Å². The lowest BCUT2D eigenvalue weighted by Gasteiger charge is -2.13. The highest BCUT2D eigenvalue weighted by molar-refractivity contribution is 6.21. The minimum absolute atomic E-state index is 0.0657. The molecule has 1 heterocycles. The Labute approximate surface area is 238 Å². The molecule has 0 saturated heterocycles. The molecule has 5 aromatic rings. The Balaban J connectivity index is 1.55. The maximum Gasteiger partial charge on any atom is 0.197 e. The third-order valence-corrected chi connectivity index (χ3v) is 7.49. The van der Waals surface area contributed by atoms with Gasteiger partial charge in [0.2, 0.25) is 0 Å². The Kier molecular flexibility index (Phi) is 6.87. The fraction of sp³-hybridized carbons (Fsp3) is 0.135. The van der Waals surface area contributed by atoms with E-state index in [1.165, 1.54) is 0 Å². The van der Waals surface area contributed by atoms with Crippen molar-refractivity contribution in [2.45, 2.75) is 27.2 Å². The number of nitrogens with zero attached hydrogens (tertiary/aromatic N) is 1. The monoisotopic (exact) mass is 535 g/mol. The van der Waals surface area contributed by atoms with E-state index in [4.69, 9.17) is 4.74 Å². The average Bonchev–Trinajstić information content (AvgIpc) is 3.31. The first kappa shape index (κ1) is 26.1. The van der Waals surface area contributed by atoms with Crippen LogP contribution in [0.4, 0.5) is 0 Å². The first-order valence-corrected chi connectivity index (χ1v) is 13.9. The molecule has 0 bridgehead atoms. The van der Waals surface area contributed by atoms with Crippen molar-refractivity contribution >= 4 is 50.3 Å². The SMILES string of the molecule is CC/C=C/n1c2ccc(C(=O)C3=C(C)C=C=C=C3)cc2c2cc(C(=O)c3c(OCC)ccc4ccccc34)ccc21. The summed E-state index contributed by atoms with van der Waals surface area (Å²) < 4.78 is 8.03. The van der Waals surface area contributed by atoms with Crippen LogP contribution in [0.2, 0.25) is 0 Å². The molecule has 41 heavy (non-hydrogen) atoms. The quantitative estimate of drug-likeness (QED) is 0.147. The van der Waals surface area contributed by atoms with Crippen molar-refractivity contribution in [3.8, 4) is 5.75 Å². The lowest BCUT2D eigenvalue weighted by Crippen LogP contribution is -2.06. The number of rotatable bonds is 8. The van der Waals surface area contributed by atoms with Crippen LogP contribution in [-0.2, 0) is 0 Å². The summed E-state index contributed by atoms with van der Waals surface area (Å²) in [4.78, 5) is 27.6. The van der Waals surface area contributed by atoms with Gasteiger partial charge in [-0.05, 0) is 91.2 Å². The van der Waals surface area contributed by atoms with E-state index in [1.54, 1.807) is 12.2 Å². The second-order valence-electron chi connectivity index (χ2n) is 10.1. The Morgan fingerprint density at radius 3 is 2.17 bits per heavy atom. The highest BCUT2D eigenvalue weighted by atomic mass is 16.5. The summed E-state index contributed by atoms with van der Waals surface area (Å²) in [5, 5.41) is 3.66. The van der Waals surface area contributed by atoms with Crippen LogP contribution in [0.3, 0.4) is 0 Å². The molecule has 0 spiro atoms. The van der Waals surface area contributed by atoms with Gasteiger partial charge in [0.1, 0.15) is 5.75 Å². The first-order chi connectivity index (χ1) is 20.0. The highest BCUT2D eigenvalue weighted by Gasteiger charge is 2.21. The Morgan fingerprint density at radius 1 is 0.805 bits per heavy atom. The first-order valence-electron chi connectivity index (χ1n) is 13.9.